The largest absolute Gasteiger partial charge is 0.375 e. The number of nitrogen functional groups attached to an aromatic ring is 1. The molecule has 0 aliphatic heterocycles. The van der Waals surface area contributed by atoms with Crippen LogP contribution in [-0.2, 0) is 6.54 Å². The molecule has 1 aliphatic rings. The third-order valence-electron chi connectivity index (χ3n) is 3.59. The molecule has 1 saturated carbocycles. The van der Waals surface area contributed by atoms with Gasteiger partial charge in [-0.3, -0.25) is 4.90 Å². The summed E-state index contributed by atoms with van der Waals surface area (Å²) in [4.78, 5) is 7.83. The Morgan fingerprint density at radius 2 is 2.12 bits per heavy atom. The van der Waals surface area contributed by atoms with Gasteiger partial charge in [0.2, 0.25) is 0 Å². The van der Waals surface area contributed by atoms with E-state index in [0.29, 0.717) is 5.13 Å². The van der Waals surface area contributed by atoms with Crippen LogP contribution in [0.5, 0.6) is 0 Å². The molecular formula is C12H21N3S. The van der Waals surface area contributed by atoms with Crippen LogP contribution in [0, 0.1) is 5.92 Å². The van der Waals surface area contributed by atoms with Crippen molar-refractivity contribution in [2.45, 2.75) is 45.2 Å². The van der Waals surface area contributed by atoms with E-state index in [1.165, 1.54) is 30.6 Å². The van der Waals surface area contributed by atoms with Gasteiger partial charge in [-0.2, -0.15) is 0 Å². The Balaban J connectivity index is 1.85. The van der Waals surface area contributed by atoms with Gasteiger partial charge in [-0.1, -0.05) is 6.92 Å². The SMILES string of the molecule is CC1CCC(N(C)Cc2cnc(N)s2)CC1. The molecule has 0 bridgehead atoms. The van der Waals surface area contributed by atoms with Crippen molar-refractivity contribution >= 4 is 16.5 Å². The number of anilines is 1. The number of nitrogens with two attached hydrogens (primary N) is 1. The highest BCUT2D eigenvalue weighted by molar-refractivity contribution is 7.15. The minimum absolute atomic E-state index is 0.681. The van der Waals surface area contributed by atoms with Crippen molar-refractivity contribution in [1.29, 1.82) is 0 Å². The predicted octanol–water partition coefficient (Wildman–Crippen LogP) is 2.74. The van der Waals surface area contributed by atoms with Gasteiger partial charge in [0.1, 0.15) is 0 Å². The maximum atomic E-state index is 5.64. The summed E-state index contributed by atoms with van der Waals surface area (Å²) in [5.41, 5.74) is 5.64. The van der Waals surface area contributed by atoms with Crippen molar-refractivity contribution in [1.82, 2.24) is 9.88 Å². The molecule has 1 fully saturated rings. The van der Waals surface area contributed by atoms with E-state index < -0.39 is 0 Å². The van der Waals surface area contributed by atoms with Crippen molar-refractivity contribution in [3.8, 4) is 0 Å². The second-order valence-electron chi connectivity index (χ2n) is 4.99. The first-order valence-corrected chi connectivity index (χ1v) is 6.87. The third kappa shape index (κ3) is 2.95. The van der Waals surface area contributed by atoms with Gasteiger partial charge in [-0.15, -0.1) is 11.3 Å². The van der Waals surface area contributed by atoms with Crippen LogP contribution in [0.15, 0.2) is 6.20 Å². The number of aromatic nitrogens is 1. The van der Waals surface area contributed by atoms with E-state index in [2.05, 4.69) is 23.9 Å². The lowest BCUT2D eigenvalue weighted by Crippen LogP contribution is -2.34. The van der Waals surface area contributed by atoms with Gasteiger partial charge < -0.3 is 5.73 Å². The first kappa shape index (κ1) is 11.9. The molecule has 0 saturated heterocycles. The van der Waals surface area contributed by atoms with Crippen molar-refractivity contribution in [2.24, 2.45) is 5.92 Å². The average molecular weight is 239 g/mol. The lowest BCUT2D eigenvalue weighted by atomic mass is 9.87. The molecule has 0 atom stereocenters. The van der Waals surface area contributed by atoms with Crippen LogP contribution in [-0.4, -0.2) is 23.0 Å². The number of thiazole rings is 1. The van der Waals surface area contributed by atoms with Gasteiger partial charge in [0.25, 0.3) is 0 Å². The van der Waals surface area contributed by atoms with Crippen molar-refractivity contribution < 1.29 is 0 Å². The Morgan fingerprint density at radius 3 is 2.69 bits per heavy atom. The molecule has 0 unspecified atom stereocenters. The van der Waals surface area contributed by atoms with Crippen LogP contribution in [0.25, 0.3) is 0 Å². The molecule has 90 valence electrons. The molecule has 0 spiro atoms. The Kier molecular flexibility index (Phi) is 3.82. The molecule has 2 rings (SSSR count). The minimum atomic E-state index is 0.681. The molecule has 4 heteroatoms. The van der Waals surface area contributed by atoms with E-state index in [-0.39, 0.29) is 0 Å². The summed E-state index contributed by atoms with van der Waals surface area (Å²) in [6, 6.07) is 0.750. The van der Waals surface area contributed by atoms with Gasteiger partial charge in [0, 0.05) is 23.7 Å². The second-order valence-corrected chi connectivity index (χ2v) is 6.14. The smallest absolute Gasteiger partial charge is 0.180 e. The molecule has 0 radical (unpaired) electrons. The fraction of sp³-hybridized carbons (Fsp3) is 0.750. The van der Waals surface area contributed by atoms with Gasteiger partial charge in [0.05, 0.1) is 0 Å². The number of hydrogen-bond acceptors (Lipinski definition) is 4. The maximum absolute atomic E-state index is 5.64. The Hall–Kier alpha value is -0.610. The van der Waals surface area contributed by atoms with E-state index in [1.807, 2.05) is 6.20 Å². The quantitative estimate of drug-likeness (QED) is 0.882. The number of nitrogens with zero attached hydrogens (tertiary/aromatic N) is 2. The summed E-state index contributed by atoms with van der Waals surface area (Å²) in [7, 11) is 2.22. The molecule has 1 aromatic heterocycles. The molecule has 0 amide bonds. The van der Waals surface area contributed by atoms with E-state index in [9.17, 15) is 0 Å². The van der Waals surface area contributed by atoms with Crippen molar-refractivity contribution in [2.75, 3.05) is 12.8 Å². The van der Waals surface area contributed by atoms with Crippen LogP contribution in [0.4, 0.5) is 5.13 Å². The molecule has 1 aromatic rings. The van der Waals surface area contributed by atoms with E-state index >= 15 is 0 Å². The lowest BCUT2D eigenvalue weighted by Gasteiger charge is -2.33. The summed E-state index contributed by atoms with van der Waals surface area (Å²) >= 11 is 1.61. The topological polar surface area (TPSA) is 42.2 Å². The van der Waals surface area contributed by atoms with Crippen LogP contribution >= 0.6 is 11.3 Å². The van der Waals surface area contributed by atoms with E-state index in [0.717, 1.165) is 18.5 Å². The fourth-order valence-electron chi connectivity index (χ4n) is 2.45. The zero-order valence-corrected chi connectivity index (χ0v) is 11.0. The molecule has 1 aliphatic carbocycles. The number of rotatable bonds is 3. The number of hydrogen-bond donors (Lipinski definition) is 1. The third-order valence-corrected chi connectivity index (χ3v) is 4.40. The molecule has 3 nitrogen and oxygen atoms in total. The summed E-state index contributed by atoms with van der Waals surface area (Å²) in [6.45, 7) is 3.36. The Bertz CT molecular complexity index is 329. The monoisotopic (exact) mass is 239 g/mol. The lowest BCUT2D eigenvalue weighted by molar-refractivity contribution is 0.165. The normalized spacial score (nSPS) is 26.2. The van der Waals surface area contributed by atoms with Crippen molar-refractivity contribution in [3.05, 3.63) is 11.1 Å². The average Bonchev–Trinajstić information content (AvgIpc) is 2.65. The highest BCUT2D eigenvalue weighted by Gasteiger charge is 2.21. The van der Waals surface area contributed by atoms with Crippen molar-refractivity contribution in [3.63, 3.8) is 0 Å². The van der Waals surface area contributed by atoms with Crippen LogP contribution in [0.3, 0.4) is 0 Å². The van der Waals surface area contributed by atoms with Gasteiger partial charge in [0.15, 0.2) is 5.13 Å². The van der Waals surface area contributed by atoms with Crippen LogP contribution in [0.2, 0.25) is 0 Å². The van der Waals surface area contributed by atoms with Gasteiger partial charge in [-0.05, 0) is 38.6 Å². The molecule has 0 aromatic carbocycles. The zero-order chi connectivity index (χ0) is 11.5. The Morgan fingerprint density at radius 1 is 1.44 bits per heavy atom. The van der Waals surface area contributed by atoms with Gasteiger partial charge in [-0.25, -0.2) is 4.98 Å². The highest BCUT2D eigenvalue weighted by atomic mass is 32.1. The first-order chi connectivity index (χ1) is 7.65. The van der Waals surface area contributed by atoms with Crippen LogP contribution < -0.4 is 5.73 Å². The highest BCUT2D eigenvalue weighted by Crippen LogP contribution is 2.28. The summed E-state index contributed by atoms with van der Waals surface area (Å²) in [6.07, 6.45) is 7.33. The second kappa shape index (κ2) is 5.15. The minimum Gasteiger partial charge on any atom is -0.375 e. The first-order valence-electron chi connectivity index (χ1n) is 6.05. The summed E-state index contributed by atoms with van der Waals surface area (Å²) in [5.74, 6) is 0.920. The molecular weight excluding hydrogens is 218 g/mol. The fourth-order valence-corrected chi connectivity index (χ4v) is 3.20. The maximum Gasteiger partial charge on any atom is 0.180 e. The molecule has 2 N–H and O–H groups in total. The standard InChI is InChI=1S/C12H21N3S/c1-9-3-5-10(6-4-9)15(2)8-11-7-14-12(13)16-11/h7,9-10H,3-6,8H2,1-2H3,(H2,13,14). The van der Waals surface area contributed by atoms with Gasteiger partial charge >= 0.3 is 0 Å². The van der Waals surface area contributed by atoms with Crippen LogP contribution in [0.1, 0.15) is 37.5 Å². The zero-order valence-electron chi connectivity index (χ0n) is 10.1. The predicted molar refractivity (Wildman–Crippen MR) is 69.4 cm³/mol. The molecule has 16 heavy (non-hydrogen) atoms. The molecule has 1 heterocycles. The van der Waals surface area contributed by atoms with E-state index in [4.69, 9.17) is 5.73 Å². The summed E-state index contributed by atoms with van der Waals surface area (Å²) in [5, 5.41) is 0.681. The summed E-state index contributed by atoms with van der Waals surface area (Å²) < 4.78 is 0. The van der Waals surface area contributed by atoms with E-state index in [1.54, 1.807) is 11.3 Å². The Labute approximate surface area is 102 Å².